The minimum Gasteiger partial charge on any atom is -0.322 e. The molecule has 0 spiro atoms. The predicted octanol–water partition coefficient (Wildman–Crippen LogP) is 4.62. The van der Waals surface area contributed by atoms with Gasteiger partial charge >= 0.3 is 5.92 Å². The number of halogens is 5. The van der Waals surface area contributed by atoms with Gasteiger partial charge in [-0.2, -0.15) is 13.9 Å². The van der Waals surface area contributed by atoms with Crippen molar-refractivity contribution in [2.75, 3.05) is 18.4 Å². The Morgan fingerprint density at radius 3 is 2.59 bits per heavy atom. The molecular formula is C22H20F5N7. The number of aromatic nitrogens is 5. The predicted molar refractivity (Wildman–Crippen MR) is 114 cm³/mol. The molecule has 1 aromatic carbocycles. The number of hydrogen-bond donors (Lipinski definition) is 2. The standard InChI is InChI=1S/C22H20F5N7/c1-13-8-18(31-30-13)28-19-17-9-14(10-33-7-6-21(24,25)12-33)11-34(17)32-20(29-19)22(26,27)15-2-4-16(23)5-3-15/h2-5,8-9,11H,6-7,10,12H2,1H3,(H2,28,29,30,31,32). The summed E-state index contributed by atoms with van der Waals surface area (Å²) in [5, 5.41) is 13.7. The number of anilines is 2. The molecule has 0 amide bonds. The number of aromatic amines is 1. The smallest absolute Gasteiger partial charge is 0.322 e. The van der Waals surface area contributed by atoms with Crippen LogP contribution in [0.4, 0.5) is 33.6 Å². The molecule has 1 fully saturated rings. The fourth-order valence-corrected chi connectivity index (χ4v) is 3.96. The van der Waals surface area contributed by atoms with Crippen molar-refractivity contribution in [3.8, 4) is 0 Å². The lowest BCUT2D eigenvalue weighted by molar-refractivity contribution is 0.0115. The van der Waals surface area contributed by atoms with Crippen LogP contribution in [0.15, 0.2) is 42.6 Å². The maximum Gasteiger partial charge on any atom is 0.333 e. The minimum absolute atomic E-state index is 0.0660. The Bertz CT molecular complexity index is 1330. The SMILES string of the molecule is Cc1cc(Nc2nc(C(F)(F)c3ccc(F)cc3)nn3cc(CN4CCC(F)(F)C4)cc23)n[nH]1. The minimum atomic E-state index is -3.62. The largest absolute Gasteiger partial charge is 0.333 e. The van der Waals surface area contributed by atoms with Crippen LogP contribution in [0.5, 0.6) is 0 Å². The van der Waals surface area contributed by atoms with Crippen LogP contribution >= 0.6 is 0 Å². The molecule has 4 aromatic rings. The van der Waals surface area contributed by atoms with Crippen LogP contribution in [0.3, 0.4) is 0 Å². The Balaban J connectivity index is 1.55. The van der Waals surface area contributed by atoms with Gasteiger partial charge < -0.3 is 5.32 Å². The van der Waals surface area contributed by atoms with Gasteiger partial charge in [-0.25, -0.2) is 22.7 Å². The number of nitrogens with one attached hydrogen (secondary N) is 2. The fourth-order valence-electron chi connectivity index (χ4n) is 3.96. The van der Waals surface area contributed by atoms with Gasteiger partial charge in [-0.15, -0.1) is 5.10 Å². The van der Waals surface area contributed by atoms with Crippen molar-refractivity contribution in [1.82, 2.24) is 29.7 Å². The van der Waals surface area contributed by atoms with E-state index in [-0.39, 0.29) is 31.9 Å². The molecule has 0 radical (unpaired) electrons. The van der Waals surface area contributed by atoms with E-state index in [1.165, 1.54) is 10.7 Å². The van der Waals surface area contributed by atoms with E-state index in [0.29, 0.717) is 16.9 Å². The number of H-pyrrole nitrogens is 1. The Morgan fingerprint density at radius 1 is 1.18 bits per heavy atom. The van der Waals surface area contributed by atoms with Crippen LogP contribution in [0.25, 0.3) is 5.52 Å². The Kier molecular flexibility index (Phi) is 5.27. The Hall–Kier alpha value is -3.54. The first kappa shape index (κ1) is 22.3. The molecule has 34 heavy (non-hydrogen) atoms. The third-order valence-corrected chi connectivity index (χ3v) is 5.61. The number of fused-ring (bicyclic) bond motifs is 1. The van der Waals surface area contributed by atoms with Crippen molar-refractivity contribution in [2.24, 2.45) is 0 Å². The second kappa shape index (κ2) is 8.05. The molecule has 0 atom stereocenters. The van der Waals surface area contributed by atoms with Gasteiger partial charge in [0, 0.05) is 43.0 Å². The van der Waals surface area contributed by atoms with Crippen molar-refractivity contribution in [3.05, 3.63) is 71.1 Å². The van der Waals surface area contributed by atoms with Crippen LogP contribution in [0.1, 0.15) is 29.1 Å². The molecule has 178 valence electrons. The first-order valence-electron chi connectivity index (χ1n) is 10.5. The van der Waals surface area contributed by atoms with E-state index in [0.717, 1.165) is 30.0 Å². The van der Waals surface area contributed by atoms with Gasteiger partial charge in [0.15, 0.2) is 11.6 Å². The van der Waals surface area contributed by atoms with E-state index in [4.69, 9.17) is 0 Å². The molecule has 0 bridgehead atoms. The second-order valence-electron chi connectivity index (χ2n) is 8.42. The zero-order chi connectivity index (χ0) is 24.1. The summed E-state index contributed by atoms with van der Waals surface area (Å²) >= 11 is 0. The topological polar surface area (TPSA) is 74.1 Å². The van der Waals surface area contributed by atoms with E-state index >= 15 is 8.78 Å². The maximum atomic E-state index is 15.3. The lowest BCUT2D eigenvalue weighted by Gasteiger charge is -2.16. The van der Waals surface area contributed by atoms with Gasteiger partial charge in [-0.1, -0.05) is 0 Å². The molecule has 0 saturated carbocycles. The molecule has 7 nitrogen and oxygen atoms in total. The molecule has 0 unspecified atom stereocenters. The van der Waals surface area contributed by atoms with Gasteiger partial charge in [0.05, 0.1) is 6.54 Å². The van der Waals surface area contributed by atoms with Gasteiger partial charge in [0.25, 0.3) is 5.92 Å². The molecule has 1 aliphatic rings. The quantitative estimate of drug-likeness (QED) is 0.397. The van der Waals surface area contributed by atoms with Crippen molar-refractivity contribution < 1.29 is 22.0 Å². The molecule has 4 heterocycles. The molecule has 1 aliphatic heterocycles. The summed E-state index contributed by atoms with van der Waals surface area (Å²) in [6, 6.07) is 7.16. The van der Waals surface area contributed by atoms with Crippen LogP contribution in [-0.2, 0) is 12.5 Å². The molecular weight excluding hydrogens is 457 g/mol. The van der Waals surface area contributed by atoms with Crippen LogP contribution in [-0.4, -0.2) is 48.7 Å². The molecule has 12 heteroatoms. The molecule has 2 N–H and O–H groups in total. The summed E-state index contributed by atoms with van der Waals surface area (Å²) in [6.45, 7) is 1.86. The fraction of sp³-hybridized carbons (Fsp3) is 0.318. The van der Waals surface area contributed by atoms with Gasteiger partial charge in [-0.3, -0.25) is 10.00 Å². The molecule has 5 rings (SSSR count). The van der Waals surface area contributed by atoms with E-state index in [2.05, 4.69) is 25.6 Å². The molecule has 1 saturated heterocycles. The summed E-state index contributed by atoms with van der Waals surface area (Å²) in [5.74, 6) is -7.40. The average Bonchev–Trinajstić information content (AvgIpc) is 3.46. The second-order valence-corrected chi connectivity index (χ2v) is 8.42. The third kappa shape index (κ3) is 4.32. The van der Waals surface area contributed by atoms with Gasteiger partial charge in [-0.05, 0) is 42.8 Å². The van der Waals surface area contributed by atoms with E-state index < -0.39 is 29.1 Å². The number of alkyl halides is 4. The Morgan fingerprint density at radius 2 is 1.94 bits per heavy atom. The first-order valence-corrected chi connectivity index (χ1v) is 10.5. The lowest BCUT2D eigenvalue weighted by atomic mass is 10.1. The monoisotopic (exact) mass is 477 g/mol. The molecule has 3 aromatic heterocycles. The molecule has 0 aliphatic carbocycles. The van der Waals surface area contributed by atoms with Crippen LogP contribution in [0, 0.1) is 12.7 Å². The summed E-state index contributed by atoms with van der Waals surface area (Å²) in [5.41, 5.74) is 1.27. The highest BCUT2D eigenvalue weighted by Crippen LogP contribution is 2.35. The number of hydrogen-bond acceptors (Lipinski definition) is 5. The van der Waals surface area contributed by atoms with Crippen molar-refractivity contribution in [2.45, 2.75) is 31.7 Å². The normalized spacial score (nSPS) is 16.4. The first-order chi connectivity index (χ1) is 16.1. The highest BCUT2D eigenvalue weighted by molar-refractivity contribution is 5.73. The zero-order valence-electron chi connectivity index (χ0n) is 18.0. The average molecular weight is 477 g/mol. The van der Waals surface area contributed by atoms with Crippen LogP contribution < -0.4 is 5.32 Å². The number of rotatable bonds is 6. The lowest BCUT2D eigenvalue weighted by Crippen LogP contribution is -2.24. The van der Waals surface area contributed by atoms with Crippen molar-refractivity contribution in [3.63, 3.8) is 0 Å². The van der Waals surface area contributed by atoms with E-state index in [1.54, 1.807) is 24.0 Å². The third-order valence-electron chi connectivity index (χ3n) is 5.61. The highest BCUT2D eigenvalue weighted by atomic mass is 19.3. The summed E-state index contributed by atoms with van der Waals surface area (Å²) in [7, 11) is 0. The Labute approximate surface area is 190 Å². The van der Waals surface area contributed by atoms with Crippen molar-refractivity contribution in [1.29, 1.82) is 0 Å². The summed E-state index contributed by atoms with van der Waals surface area (Å²) in [4.78, 5) is 5.67. The number of likely N-dealkylation sites (tertiary alicyclic amines) is 1. The summed E-state index contributed by atoms with van der Waals surface area (Å²) < 4.78 is 72.2. The van der Waals surface area contributed by atoms with Crippen LogP contribution in [0.2, 0.25) is 0 Å². The van der Waals surface area contributed by atoms with E-state index in [9.17, 15) is 13.2 Å². The highest BCUT2D eigenvalue weighted by Gasteiger charge is 2.40. The maximum absolute atomic E-state index is 15.3. The van der Waals surface area contributed by atoms with Gasteiger partial charge in [0.2, 0.25) is 5.82 Å². The zero-order valence-corrected chi connectivity index (χ0v) is 18.0. The summed E-state index contributed by atoms with van der Waals surface area (Å²) in [6.07, 6.45) is 1.29. The number of benzene rings is 1. The number of aryl methyl sites for hydroxylation is 1. The van der Waals surface area contributed by atoms with Gasteiger partial charge in [0.1, 0.15) is 11.3 Å². The van der Waals surface area contributed by atoms with Crippen molar-refractivity contribution >= 4 is 17.2 Å². The van der Waals surface area contributed by atoms with E-state index in [1.807, 2.05) is 0 Å². The number of nitrogens with zero attached hydrogens (tertiary/aromatic N) is 5.